The van der Waals surface area contributed by atoms with Crippen LogP contribution in [0.25, 0.3) is 0 Å². The molecule has 0 radical (unpaired) electrons. The highest BCUT2D eigenvalue weighted by molar-refractivity contribution is 5.66. The lowest BCUT2D eigenvalue weighted by atomic mass is 10.0. The molecule has 0 unspecified atom stereocenters. The average molecular weight is 514 g/mol. The van der Waals surface area contributed by atoms with Gasteiger partial charge in [-0.05, 0) is 57.8 Å². The quantitative estimate of drug-likeness (QED) is 0.0989. The number of rotatable bonds is 28. The number of nitrogens with zero attached hydrogens (tertiary/aromatic N) is 1. The van der Waals surface area contributed by atoms with Crippen LogP contribution in [0.5, 0.6) is 0 Å². The van der Waals surface area contributed by atoms with Crippen LogP contribution in [-0.4, -0.2) is 58.8 Å². The second-order valence-corrected chi connectivity index (χ2v) is 10.7. The average Bonchev–Trinajstić information content (AvgIpc) is 2.82. The van der Waals surface area contributed by atoms with Crippen LogP contribution in [0.3, 0.4) is 0 Å². The number of carbonyl (C=O) groups excluding carboxylic acids is 1. The standard InChI is InChI=1S/C29H55NO6/c1-2-3-4-5-6-7-8-9-10-11-12-16-23-30(24-17-13-20-27(31)32,25-18-14-21-28(33)34)26-19-15-22-29(35)36/h2-26H2,1H3,(H2-,31,32,33,34,35,36). The molecule has 0 aromatic carbocycles. The lowest BCUT2D eigenvalue weighted by Gasteiger charge is -2.39. The van der Waals surface area contributed by atoms with Crippen molar-refractivity contribution in [2.45, 2.75) is 142 Å². The van der Waals surface area contributed by atoms with E-state index < -0.39 is 17.9 Å². The van der Waals surface area contributed by atoms with Crippen LogP contribution in [0.4, 0.5) is 0 Å². The molecule has 0 saturated heterocycles. The lowest BCUT2D eigenvalue weighted by Crippen LogP contribution is -2.51. The van der Waals surface area contributed by atoms with Gasteiger partial charge < -0.3 is 24.6 Å². The van der Waals surface area contributed by atoms with E-state index in [4.69, 9.17) is 10.2 Å². The molecule has 0 saturated carbocycles. The number of hydrogen-bond acceptors (Lipinski definition) is 4. The fraction of sp³-hybridized carbons (Fsp3) is 0.897. The van der Waals surface area contributed by atoms with Gasteiger partial charge in [0.15, 0.2) is 0 Å². The van der Waals surface area contributed by atoms with Crippen molar-refractivity contribution in [1.29, 1.82) is 0 Å². The first kappa shape index (κ1) is 34.4. The Labute approximate surface area is 220 Å². The molecule has 0 aromatic heterocycles. The van der Waals surface area contributed by atoms with Gasteiger partial charge in [0.25, 0.3) is 0 Å². The molecule has 0 aliphatic rings. The Morgan fingerprint density at radius 1 is 0.500 bits per heavy atom. The second kappa shape index (κ2) is 23.7. The third kappa shape index (κ3) is 22.8. The van der Waals surface area contributed by atoms with Gasteiger partial charge >= 0.3 is 11.9 Å². The molecular formula is C29H55NO6. The molecule has 0 aliphatic carbocycles. The summed E-state index contributed by atoms with van der Waals surface area (Å²) < 4.78 is 0.851. The highest BCUT2D eigenvalue weighted by Gasteiger charge is 2.26. The van der Waals surface area contributed by atoms with Crippen molar-refractivity contribution in [3.63, 3.8) is 0 Å². The number of carboxylic acids is 3. The summed E-state index contributed by atoms with van der Waals surface area (Å²) in [6.45, 7) is 5.88. The molecule has 7 heteroatoms. The smallest absolute Gasteiger partial charge is 0.303 e. The Balaban J connectivity index is 4.61. The fourth-order valence-electron chi connectivity index (χ4n) is 5.12. The van der Waals surface area contributed by atoms with Crippen molar-refractivity contribution in [3.05, 3.63) is 0 Å². The minimum absolute atomic E-state index is 0.0661. The van der Waals surface area contributed by atoms with Gasteiger partial charge in [-0.3, -0.25) is 9.59 Å². The van der Waals surface area contributed by atoms with Gasteiger partial charge in [-0.2, -0.15) is 0 Å². The maximum absolute atomic E-state index is 10.9. The Bertz CT molecular complexity index is 511. The normalized spacial score (nSPS) is 11.6. The van der Waals surface area contributed by atoms with E-state index in [-0.39, 0.29) is 19.3 Å². The first-order valence-corrected chi connectivity index (χ1v) is 14.8. The van der Waals surface area contributed by atoms with E-state index >= 15 is 0 Å². The zero-order valence-corrected chi connectivity index (χ0v) is 23.2. The third-order valence-electron chi connectivity index (χ3n) is 7.30. The molecule has 0 heterocycles. The second-order valence-electron chi connectivity index (χ2n) is 10.7. The van der Waals surface area contributed by atoms with Crippen LogP contribution in [0.2, 0.25) is 0 Å². The summed E-state index contributed by atoms with van der Waals surface area (Å²) in [4.78, 5) is 32.7. The van der Waals surface area contributed by atoms with Crippen molar-refractivity contribution in [2.75, 3.05) is 26.2 Å². The highest BCUT2D eigenvalue weighted by Crippen LogP contribution is 2.19. The van der Waals surface area contributed by atoms with Crippen LogP contribution in [-0.2, 0) is 14.4 Å². The molecule has 7 nitrogen and oxygen atoms in total. The van der Waals surface area contributed by atoms with Crippen molar-refractivity contribution >= 4 is 17.9 Å². The van der Waals surface area contributed by atoms with Crippen LogP contribution in [0, 0.1) is 0 Å². The summed E-state index contributed by atoms with van der Waals surface area (Å²) in [6.07, 6.45) is 20.3. The first-order chi connectivity index (χ1) is 17.3. The Morgan fingerprint density at radius 2 is 0.806 bits per heavy atom. The van der Waals surface area contributed by atoms with Gasteiger partial charge in [0.05, 0.1) is 26.2 Å². The zero-order valence-electron chi connectivity index (χ0n) is 23.2. The van der Waals surface area contributed by atoms with E-state index in [1.54, 1.807) is 0 Å². The SMILES string of the molecule is CCCCCCCCCCCCCC[N+](CCCCC(=O)[O-])(CCCCC(=O)O)CCCCC(=O)O. The predicted octanol–water partition coefficient (Wildman–Crippen LogP) is 5.93. The number of quaternary nitrogens is 1. The van der Waals surface area contributed by atoms with Crippen LogP contribution < -0.4 is 5.11 Å². The van der Waals surface area contributed by atoms with Crippen LogP contribution >= 0.6 is 0 Å². The third-order valence-corrected chi connectivity index (χ3v) is 7.30. The predicted molar refractivity (Wildman–Crippen MR) is 143 cm³/mol. The molecule has 0 atom stereocenters. The van der Waals surface area contributed by atoms with Gasteiger partial charge in [-0.15, -0.1) is 0 Å². The zero-order chi connectivity index (χ0) is 26.9. The van der Waals surface area contributed by atoms with Crippen molar-refractivity contribution in [3.8, 4) is 0 Å². The molecule has 0 fully saturated rings. The lowest BCUT2D eigenvalue weighted by molar-refractivity contribution is -0.929. The van der Waals surface area contributed by atoms with E-state index in [2.05, 4.69) is 6.92 Å². The van der Waals surface area contributed by atoms with E-state index in [1.165, 1.54) is 70.6 Å². The van der Waals surface area contributed by atoms with Gasteiger partial charge in [0.1, 0.15) is 0 Å². The van der Waals surface area contributed by atoms with E-state index in [0.29, 0.717) is 19.3 Å². The van der Waals surface area contributed by atoms with Gasteiger partial charge in [-0.1, -0.05) is 71.1 Å². The summed E-state index contributed by atoms with van der Waals surface area (Å²) in [5.74, 6) is -2.56. The number of aliphatic carboxylic acids is 3. The number of unbranched alkanes of at least 4 members (excludes halogenated alkanes) is 14. The monoisotopic (exact) mass is 513 g/mol. The number of hydrogen-bond donors (Lipinski definition) is 2. The minimum Gasteiger partial charge on any atom is -0.550 e. The molecule has 0 rings (SSSR count). The molecule has 0 amide bonds. The Hall–Kier alpha value is -1.63. The van der Waals surface area contributed by atoms with Crippen molar-refractivity contribution in [2.24, 2.45) is 0 Å². The van der Waals surface area contributed by atoms with Gasteiger partial charge in [-0.25, -0.2) is 0 Å². The van der Waals surface area contributed by atoms with E-state index in [9.17, 15) is 19.5 Å². The summed E-state index contributed by atoms with van der Waals surface area (Å²) >= 11 is 0. The molecule has 212 valence electrons. The maximum atomic E-state index is 10.9. The first-order valence-electron chi connectivity index (χ1n) is 14.8. The Kier molecular flexibility index (Phi) is 22.7. The molecule has 0 aromatic rings. The van der Waals surface area contributed by atoms with Gasteiger partial charge in [0.2, 0.25) is 0 Å². The van der Waals surface area contributed by atoms with Crippen molar-refractivity contribution < 1.29 is 34.2 Å². The van der Waals surface area contributed by atoms with Crippen LogP contribution in [0.1, 0.15) is 142 Å². The summed E-state index contributed by atoms with van der Waals surface area (Å²) in [5, 5.41) is 28.8. The summed E-state index contributed by atoms with van der Waals surface area (Å²) in [5.41, 5.74) is 0. The van der Waals surface area contributed by atoms with E-state index in [1.807, 2.05) is 0 Å². The summed E-state index contributed by atoms with van der Waals surface area (Å²) in [7, 11) is 0. The highest BCUT2D eigenvalue weighted by atomic mass is 16.4. The number of carbonyl (C=O) groups is 3. The molecule has 2 N–H and O–H groups in total. The number of carboxylic acid groups (broad SMARTS) is 3. The molecule has 0 aliphatic heterocycles. The van der Waals surface area contributed by atoms with Crippen molar-refractivity contribution in [1.82, 2.24) is 0 Å². The molecular weight excluding hydrogens is 458 g/mol. The Morgan fingerprint density at radius 3 is 1.14 bits per heavy atom. The topological polar surface area (TPSA) is 115 Å². The van der Waals surface area contributed by atoms with Crippen LogP contribution in [0.15, 0.2) is 0 Å². The molecule has 36 heavy (non-hydrogen) atoms. The fourth-order valence-corrected chi connectivity index (χ4v) is 5.12. The summed E-state index contributed by atoms with van der Waals surface area (Å²) in [6, 6.07) is 0. The molecule has 0 spiro atoms. The molecule has 0 bridgehead atoms. The van der Waals surface area contributed by atoms with Gasteiger partial charge in [0, 0.05) is 18.8 Å². The maximum Gasteiger partial charge on any atom is 0.303 e. The van der Waals surface area contributed by atoms with E-state index in [0.717, 1.165) is 56.3 Å². The minimum atomic E-state index is -1.02. The largest absolute Gasteiger partial charge is 0.550 e.